The van der Waals surface area contributed by atoms with Gasteiger partial charge in [-0.2, -0.15) is 0 Å². The second-order valence-corrected chi connectivity index (χ2v) is 5.42. The summed E-state index contributed by atoms with van der Waals surface area (Å²) in [6, 6.07) is 13.1. The minimum atomic E-state index is 0.0548. The fraction of sp³-hybridized carbons (Fsp3) is 0.294. The van der Waals surface area contributed by atoms with Gasteiger partial charge in [0.1, 0.15) is 5.82 Å². The molecule has 2 heterocycles. The maximum atomic E-state index is 11.2. The molecule has 6 nitrogen and oxygen atoms in total. The molecule has 1 aromatic heterocycles. The van der Waals surface area contributed by atoms with E-state index in [1.807, 2.05) is 41.5 Å². The van der Waals surface area contributed by atoms with Gasteiger partial charge in [0.25, 0.3) is 0 Å². The van der Waals surface area contributed by atoms with Crippen molar-refractivity contribution in [3.63, 3.8) is 0 Å². The second kappa shape index (κ2) is 7.00. The summed E-state index contributed by atoms with van der Waals surface area (Å²) >= 11 is 0. The Morgan fingerprint density at radius 2 is 1.78 bits per heavy atom. The minimum absolute atomic E-state index is 0.0548. The Labute approximate surface area is 135 Å². The zero-order chi connectivity index (χ0) is 16.1. The van der Waals surface area contributed by atoms with Gasteiger partial charge in [-0.15, -0.1) is 5.11 Å². The molecule has 1 fully saturated rings. The number of benzene rings is 1. The van der Waals surface area contributed by atoms with Gasteiger partial charge in [-0.1, -0.05) is 11.3 Å². The van der Waals surface area contributed by atoms with Crippen LogP contribution in [-0.2, 0) is 0 Å². The Hall–Kier alpha value is -2.76. The summed E-state index contributed by atoms with van der Waals surface area (Å²) < 4.78 is 0. The van der Waals surface area contributed by atoms with Crippen molar-refractivity contribution in [2.45, 2.75) is 6.92 Å². The van der Waals surface area contributed by atoms with Crippen molar-refractivity contribution in [3.8, 4) is 0 Å². The molecule has 0 bridgehead atoms. The number of ketones is 1. The molecule has 118 valence electrons. The number of nitrogens with zero attached hydrogens (tertiary/aromatic N) is 5. The van der Waals surface area contributed by atoms with Crippen molar-refractivity contribution >= 4 is 17.3 Å². The first-order valence-corrected chi connectivity index (χ1v) is 7.66. The number of anilines is 1. The number of aromatic nitrogens is 1. The number of carbonyl (C=O) groups excluding carboxylic acids is 1. The summed E-state index contributed by atoms with van der Waals surface area (Å²) in [6.45, 7) is 4.92. The SMILES string of the molecule is CC(=O)c1ccc(/N=N/N2CCN(c3ccccn3)CC2)cc1. The van der Waals surface area contributed by atoms with Gasteiger partial charge in [-0.3, -0.25) is 9.80 Å². The lowest BCUT2D eigenvalue weighted by Crippen LogP contribution is -2.44. The van der Waals surface area contributed by atoms with Crippen LogP contribution < -0.4 is 4.90 Å². The Kier molecular flexibility index (Phi) is 4.61. The third kappa shape index (κ3) is 3.91. The molecule has 1 aliphatic rings. The smallest absolute Gasteiger partial charge is 0.159 e. The van der Waals surface area contributed by atoms with E-state index >= 15 is 0 Å². The number of pyridine rings is 1. The zero-order valence-corrected chi connectivity index (χ0v) is 13.1. The molecule has 0 amide bonds. The highest BCUT2D eigenvalue weighted by atomic mass is 16.1. The van der Waals surface area contributed by atoms with Crippen LogP contribution in [0.5, 0.6) is 0 Å². The second-order valence-electron chi connectivity index (χ2n) is 5.42. The van der Waals surface area contributed by atoms with Crippen molar-refractivity contribution in [2.24, 2.45) is 10.3 Å². The van der Waals surface area contributed by atoms with E-state index in [2.05, 4.69) is 20.2 Å². The van der Waals surface area contributed by atoms with E-state index in [-0.39, 0.29) is 5.78 Å². The molecule has 2 aromatic rings. The van der Waals surface area contributed by atoms with Crippen LogP contribution in [0.1, 0.15) is 17.3 Å². The molecule has 23 heavy (non-hydrogen) atoms. The van der Waals surface area contributed by atoms with Crippen LogP contribution in [0.3, 0.4) is 0 Å². The average molecular weight is 309 g/mol. The Morgan fingerprint density at radius 3 is 2.39 bits per heavy atom. The Balaban J connectivity index is 1.55. The van der Waals surface area contributed by atoms with E-state index in [1.54, 1.807) is 19.1 Å². The summed E-state index contributed by atoms with van der Waals surface area (Å²) in [6.07, 6.45) is 1.81. The topological polar surface area (TPSA) is 61.2 Å². The molecule has 0 atom stereocenters. The molecule has 1 aliphatic heterocycles. The molecule has 6 heteroatoms. The highest BCUT2D eigenvalue weighted by Crippen LogP contribution is 2.16. The molecule has 0 aliphatic carbocycles. The molecule has 1 saturated heterocycles. The van der Waals surface area contributed by atoms with Crippen molar-refractivity contribution in [3.05, 3.63) is 54.2 Å². The summed E-state index contributed by atoms with van der Waals surface area (Å²) in [5, 5.41) is 10.5. The van der Waals surface area contributed by atoms with Crippen LogP contribution in [0.15, 0.2) is 59.0 Å². The molecule has 0 N–H and O–H groups in total. The first-order valence-electron chi connectivity index (χ1n) is 7.66. The fourth-order valence-corrected chi connectivity index (χ4v) is 2.43. The average Bonchev–Trinajstić information content (AvgIpc) is 2.61. The molecule has 0 saturated carbocycles. The lowest BCUT2D eigenvalue weighted by Gasteiger charge is -2.32. The van der Waals surface area contributed by atoms with Gasteiger partial charge >= 0.3 is 0 Å². The van der Waals surface area contributed by atoms with Crippen molar-refractivity contribution in [1.82, 2.24) is 9.99 Å². The van der Waals surface area contributed by atoms with Crippen LogP contribution in [0, 0.1) is 0 Å². The zero-order valence-electron chi connectivity index (χ0n) is 13.1. The van der Waals surface area contributed by atoms with E-state index in [4.69, 9.17) is 0 Å². The number of hydrogen-bond acceptors (Lipinski definition) is 5. The number of rotatable bonds is 4. The predicted octanol–water partition coefficient (Wildman–Crippen LogP) is 3.11. The fourth-order valence-electron chi connectivity index (χ4n) is 2.43. The Morgan fingerprint density at radius 1 is 1.04 bits per heavy atom. The molecule has 0 unspecified atom stereocenters. The molecular weight excluding hydrogens is 290 g/mol. The lowest BCUT2D eigenvalue weighted by molar-refractivity contribution is 0.101. The van der Waals surface area contributed by atoms with Crippen LogP contribution in [0.25, 0.3) is 0 Å². The lowest BCUT2D eigenvalue weighted by atomic mass is 10.1. The number of piperazine rings is 1. The van der Waals surface area contributed by atoms with Crippen LogP contribution in [0.2, 0.25) is 0 Å². The monoisotopic (exact) mass is 309 g/mol. The number of Topliss-reactive ketones (excluding diaryl/α,β-unsaturated/α-hetero) is 1. The third-order valence-electron chi connectivity index (χ3n) is 3.79. The van der Waals surface area contributed by atoms with Gasteiger partial charge in [0.05, 0.1) is 18.8 Å². The van der Waals surface area contributed by atoms with Gasteiger partial charge in [0.2, 0.25) is 0 Å². The number of carbonyl (C=O) groups is 1. The molecule has 3 rings (SSSR count). The molecule has 0 radical (unpaired) electrons. The standard InChI is InChI=1S/C17H19N5O/c1-14(23)15-5-7-16(8-6-15)19-20-22-12-10-21(11-13-22)17-4-2-3-9-18-17/h2-9H,10-13H2,1H3/b20-19+. The normalized spacial score (nSPS) is 15.2. The van der Waals surface area contributed by atoms with Crippen molar-refractivity contribution < 1.29 is 4.79 Å². The van der Waals surface area contributed by atoms with E-state index < -0.39 is 0 Å². The van der Waals surface area contributed by atoms with Crippen LogP contribution in [-0.4, -0.2) is 42.0 Å². The predicted molar refractivity (Wildman–Crippen MR) is 89.0 cm³/mol. The number of hydrogen-bond donors (Lipinski definition) is 0. The van der Waals surface area contributed by atoms with Crippen molar-refractivity contribution in [1.29, 1.82) is 0 Å². The summed E-state index contributed by atoms with van der Waals surface area (Å²) in [5.41, 5.74) is 1.44. The highest BCUT2D eigenvalue weighted by Gasteiger charge is 2.16. The summed E-state index contributed by atoms with van der Waals surface area (Å²) in [5.74, 6) is 1.06. The third-order valence-corrected chi connectivity index (χ3v) is 3.79. The van der Waals surface area contributed by atoms with Gasteiger partial charge < -0.3 is 4.90 Å². The summed E-state index contributed by atoms with van der Waals surface area (Å²) in [4.78, 5) is 17.9. The molecule has 1 aromatic carbocycles. The van der Waals surface area contributed by atoms with E-state index in [0.717, 1.165) is 37.7 Å². The van der Waals surface area contributed by atoms with Gasteiger partial charge in [-0.05, 0) is 43.3 Å². The van der Waals surface area contributed by atoms with Crippen molar-refractivity contribution in [2.75, 3.05) is 31.1 Å². The van der Waals surface area contributed by atoms with Gasteiger partial charge in [0.15, 0.2) is 5.78 Å². The largest absolute Gasteiger partial charge is 0.353 e. The molecular formula is C17H19N5O. The maximum Gasteiger partial charge on any atom is 0.159 e. The Bertz CT molecular complexity index is 676. The highest BCUT2D eigenvalue weighted by molar-refractivity contribution is 5.94. The molecule has 0 spiro atoms. The van der Waals surface area contributed by atoms with Crippen LogP contribution >= 0.6 is 0 Å². The van der Waals surface area contributed by atoms with E-state index in [1.165, 1.54) is 0 Å². The van der Waals surface area contributed by atoms with E-state index in [9.17, 15) is 4.79 Å². The van der Waals surface area contributed by atoms with E-state index in [0.29, 0.717) is 5.56 Å². The van der Waals surface area contributed by atoms with Gasteiger partial charge in [-0.25, -0.2) is 4.98 Å². The first kappa shape index (κ1) is 15.1. The van der Waals surface area contributed by atoms with Crippen LogP contribution in [0.4, 0.5) is 11.5 Å². The van der Waals surface area contributed by atoms with Gasteiger partial charge in [0, 0.05) is 24.8 Å². The first-order chi connectivity index (χ1) is 11.2. The minimum Gasteiger partial charge on any atom is -0.353 e. The maximum absolute atomic E-state index is 11.2. The quantitative estimate of drug-likeness (QED) is 0.643. The summed E-state index contributed by atoms with van der Waals surface area (Å²) in [7, 11) is 0.